The van der Waals surface area contributed by atoms with E-state index in [1.54, 1.807) is 17.4 Å². The minimum atomic E-state index is -0.385. The Kier molecular flexibility index (Phi) is 8.12. The zero-order valence-corrected chi connectivity index (χ0v) is 15.6. The molecule has 3 N–H and O–H groups in total. The highest BCUT2D eigenvalue weighted by molar-refractivity contribution is 7.09. The average Bonchev–Trinajstić information content (AvgIpc) is 3.13. The normalized spacial score (nSPS) is 19.2. The topological polar surface area (TPSA) is 74.2 Å². The minimum absolute atomic E-state index is 0. The minimum Gasteiger partial charge on any atom is -0.391 e. The fourth-order valence-corrected chi connectivity index (χ4v) is 3.19. The monoisotopic (exact) mass is 389 g/mol. The molecule has 132 valence electrons. The molecular weight excluding hydrogens is 369 g/mol. The number of nitrogens with zero attached hydrogens (tertiary/aromatic N) is 1. The van der Waals surface area contributed by atoms with Gasteiger partial charge in [0.2, 0.25) is 0 Å². The van der Waals surface area contributed by atoms with Crippen molar-refractivity contribution in [2.75, 3.05) is 19.6 Å². The summed E-state index contributed by atoms with van der Waals surface area (Å²) < 4.78 is 0. The van der Waals surface area contributed by atoms with Crippen molar-refractivity contribution in [3.05, 3.63) is 40.2 Å². The van der Waals surface area contributed by atoms with Crippen LogP contribution in [0.3, 0.4) is 0 Å². The molecule has 0 saturated carbocycles. The first-order chi connectivity index (χ1) is 10.6. The van der Waals surface area contributed by atoms with Crippen LogP contribution >= 0.6 is 36.2 Å². The number of thiazole rings is 1. The van der Waals surface area contributed by atoms with E-state index in [0.29, 0.717) is 18.7 Å². The second kappa shape index (κ2) is 9.34. The standard InChI is InChI=1S/C16H19N3O2S.2ClH/c1-10-19-14(9-22-10)11-3-2-4-12(5-11)16(21)18-7-13-6-17-8-15(13)20;;/h2-5,9,13,15,17,20H,6-8H2,1H3,(H,18,21);2*1H. The number of aliphatic hydroxyl groups excluding tert-OH is 1. The molecule has 1 aliphatic heterocycles. The summed E-state index contributed by atoms with van der Waals surface area (Å²) in [5.41, 5.74) is 2.45. The molecule has 24 heavy (non-hydrogen) atoms. The van der Waals surface area contributed by atoms with Crippen LogP contribution in [0, 0.1) is 12.8 Å². The van der Waals surface area contributed by atoms with Gasteiger partial charge in [0.1, 0.15) is 0 Å². The molecule has 0 radical (unpaired) electrons. The van der Waals surface area contributed by atoms with Crippen molar-refractivity contribution in [3.63, 3.8) is 0 Å². The molecule has 1 fully saturated rings. The third-order valence-electron chi connectivity index (χ3n) is 3.87. The highest BCUT2D eigenvalue weighted by Gasteiger charge is 2.25. The summed E-state index contributed by atoms with van der Waals surface area (Å²) in [5.74, 6) is -0.0405. The number of carbonyl (C=O) groups excluding carboxylic acids is 1. The van der Waals surface area contributed by atoms with Crippen LogP contribution in [0.2, 0.25) is 0 Å². The van der Waals surface area contributed by atoms with Crippen molar-refractivity contribution in [1.82, 2.24) is 15.6 Å². The number of carbonyl (C=O) groups is 1. The Hall–Kier alpha value is -1.18. The Morgan fingerprint density at radius 2 is 2.21 bits per heavy atom. The Labute approximate surface area is 157 Å². The molecular formula is C16H21Cl2N3O2S. The average molecular weight is 390 g/mol. The van der Waals surface area contributed by atoms with Crippen LogP contribution in [0.25, 0.3) is 11.3 Å². The third kappa shape index (κ3) is 4.91. The van der Waals surface area contributed by atoms with Gasteiger partial charge in [-0.05, 0) is 19.1 Å². The molecule has 2 heterocycles. The summed E-state index contributed by atoms with van der Waals surface area (Å²) >= 11 is 1.59. The highest BCUT2D eigenvalue weighted by atomic mass is 35.5. The number of aromatic nitrogens is 1. The lowest BCUT2D eigenvalue weighted by Crippen LogP contribution is -2.34. The van der Waals surface area contributed by atoms with Gasteiger partial charge in [0, 0.05) is 42.1 Å². The predicted octanol–water partition coefficient (Wildman–Crippen LogP) is 2.27. The first-order valence-corrected chi connectivity index (χ1v) is 8.21. The lowest BCUT2D eigenvalue weighted by Gasteiger charge is -2.14. The molecule has 0 aliphatic carbocycles. The lowest BCUT2D eigenvalue weighted by atomic mass is 10.1. The third-order valence-corrected chi connectivity index (χ3v) is 4.64. The van der Waals surface area contributed by atoms with Crippen LogP contribution in [0.4, 0.5) is 0 Å². The fraction of sp³-hybridized carbons (Fsp3) is 0.375. The van der Waals surface area contributed by atoms with Gasteiger partial charge in [0.05, 0.1) is 16.8 Å². The quantitative estimate of drug-likeness (QED) is 0.749. The second-order valence-corrected chi connectivity index (χ2v) is 6.59. The van der Waals surface area contributed by atoms with Crippen molar-refractivity contribution in [2.24, 2.45) is 5.92 Å². The number of rotatable bonds is 4. The van der Waals surface area contributed by atoms with Crippen molar-refractivity contribution < 1.29 is 9.90 Å². The second-order valence-electron chi connectivity index (χ2n) is 5.53. The van der Waals surface area contributed by atoms with Gasteiger partial charge in [-0.2, -0.15) is 0 Å². The van der Waals surface area contributed by atoms with Crippen molar-refractivity contribution >= 4 is 42.1 Å². The maximum Gasteiger partial charge on any atom is 0.251 e. The van der Waals surface area contributed by atoms with Gasteiger partial charge in [-0.1, -0.05) is 12.1 Å². The number of halogens is 2. The predicted molar refractivity (Wildman–Crippen MR) is 101 cm³/mol. The van der Waals surface area contributed by atoms with Crippen molar-refractivity contribution in [3.8, 4) is 11.3 Å². The molecule has 2 aromatic rings. The van der Waals surface area contributed by atoms with Gasteiger partial charge >= 0.3 is 0 Å². The van der Waals surface area contributed by atoms with E-state index < -0.39 is 0 Å². The van der Waals surface area contributed by atoms with Gasteiger partial charge in [0.25, 0.3) is 5.91 Å². The first kappa shape index (κ1) is 20.9. The molecule has 1 amide bonds. The number of hydrogen-bond donors (Lipinski definition) is 3. The van der Waals surface area contributed by atoms with E-state index in [4.69, 9.17) is 0 Å². The highest BCUT2D eigenvalue weighted by Crippen LogP contribution is 2.22. The van der Waals surface area contributed by atoms with E-state index in [1.807, 2.05) is 30.5 Å². The summed E-state index contributed by atoms with van der Waals surface area (Å²) in [6.07, 6.45) is -0.385. The smallest absolute Gasteiger partial charge is 0.251 e. The molecule has 3 rings (SSSR count). The number of β-amino-alcohol motifs (C(OH)–C–C–N with tert-alkyl or cyclic N) is 1. The zero-order chi connectivity index (χ0) is 15.5. The maximum absolute atomic E-state index is 12.3. The van der Waals surface area contributed by atoms with E-state index >= 15 is 0 Å². The summed E-state index contributed by atoms with van der Waals surface area (Å²) in [5, 5.41) is 18.8. The van der Waals surface area contributed by atoms with Gasteiger partial charge in [-0.15, -0.1) is 36.2 Å². The van der Waals surface area contributed by atoms with Gasteiger partial charge in [-0.3, -0.25) is 4.79 Å². The Morgan fingerprint density at radius 3 is 2.83 bits per heavy atom. The molecule has 1 aliphatic rings. The van der Waals surface area contributed by atoms with E-state index in [1.165, 1.54) is 0 Å². The summed E-state index contributed by atoms with van der Waals surface area (Å²) in [6.45, 7) is 3.78. The van der Waals surface area contributed by atoms with Gasteiger partial charge < -0.3 is 15.7 Å². The zero-order valence-electron chi connectivity index (χ0n) is 13.2. The van der Waals surface area contributed by atoms with E-state index in [9.17, 15) is 9.90 Å². The Morgan fingerprint density at radius 1 is 1.42 bits per heavy atom. The number of aryl methyl sites for hydroxylation is 1. The SMILES string of the molecule is Cc1nc(-c2cccc(C(=O)NCC3CNCC3O)c2)cs1.Cl.Cl. The Balaban J connectivity index is 0.00000144. The van der Waals surface area contributed by atoms with E-state index in [2.05, 4.69) is 15.6 Å². The molecule has 1 aromatic heterocycles. The van der Waals surface area contributed by atoms with Crippen LogP contribution in [0.15, 0.2) is 29.6 Å². The van der Waals surface area contributed by atoms with E-state index in [-0.39, 0.29) is 42.7 Å². The summed E-state index contributed by atoms with van der Waals surface area (Å²) in [7, 11) is 0. The lowest BCUT2D eigenvalue weighted by molar-refractivity contribution is 0.0927. The molecule has 0 spiro atoms. The van der Waals surface area contributed by atoms with Gasteiger partial charge in [0.15, 0.2) is 0 Å². The van der Waals surface area contributed by atoms with Crippen LogP contribution < -0.4 is 10.6 Å². The number of nitrogens with one attached hydrogen (secondary N) is 2. The van der Waals surface area contributed by atoms with Crippen LogP contribution in [0.5, 0.6) is 0 Å². The van der Waals surface area contributed by atoms with Crippen LogP contribution in [-0.2, 0) is 0 Å². The molecule has 5 nitrogen and oxygen atoms in total. The molecule has 2 atom stereocenters. The first-order valence-electron chi connectivity index (χ1n) is 7.33. The number of amides is 1. The van der Waals surface area contributed by atoms with Gasteiger partial charge in [-0.25, -0.2) is 4.98 Å². The maximum atomic E-state index is 12.3. The largest absolute Gasteiger partial charge is 0.391 e. The van der Waals surface area contributed by atoms with Crippen LogP contribution in [0.1, 0.15) is 15.4 Å². The molecule has 1 aromatic carbocycles. The molecule has 0 bridgehead atoms. The summed E-state index contributed by atoms with van der Waals surface area (Å²) in [4.78, 5) is 16.7. The summed E-state index contributed by atoms with van der Waals surface area (Å²) in [6, 6.07) is 7.47. The van der Waals surface area contributed by atoms with E-state index in [0.717, 1.165) is 22.8 Å². The molecule has 1 saturated heterocycles. The number of hydrogen-bond acceptors (Lipinski definition) is 5. The molecule has 2 unspecified atom stereocenters. The van der Waals surface area contributed by atoms with Crippen molar-refractivity contribution in [1.29, 1.82) is 0 Å². The molecule has 8 heteroatoms. The fourth-order valence-electron chi connectivity index (χ4n) is 2.57. The Bertz CT molecular complexity index is 681. The van der Waals surface area contributed by atoms with Crippen LogP contribution in [-0.4, -0.2) is 41.7 Å². The number of aliphatic hydroxyl groups is 1. The van der Waals surface area contributed by atoms with Crippen molar-refractivity contribution in [2.45, 2.75) is 13.0 Å². The number of benzene rings is 1.